The highest BCUT2D eigenvalue weighted by atomic mass is 32.1. The van der Waals surface area contributed by atoms with Crippen molar-refractivity contribution in [2.75, 3.05) is 30.3 Å². The number of anilines is 2. The number of thiazole rings is 1. The maximum absolute atomic E-state index is 12.6. The predicted octanol–water partition coefficient (Wildman–Crippen LogP) is 4.01. The van der Waals surface area contributed by atoms with Gasteiger partial charge in [0.1, 0.15) is 0 Å². The number of nitrogens with zero attached hydrogens (tertiary/aromatic N) is 3. The molecular formula is C23H23N5O4S. The number of hydrogen-bond donors (Lipinski definition) is 2. The number of benzene rings is 2. The Morgan fingerprint density at radius 3 is 2.76 bits per heavy atom. The Bertz CT molecular complexity index is 1150. The molecule has 33 heavy (non-hydrogen) atoms. The molecule has 1 fully saturated rings. The van der Waals surface area contributed by atoms with E-state index >= 15 is 0 Å². The number of para-hydroxylation sites is 1. The number of nitrogens with one attached hydrogen (secondary N) is 2. The van der Waals surface area contributed by atoms with Crippen LogP contribution in [0.1, 0.15) is 12.8 Å². The molecule has 1 unspecified atom stereocenters. The molecule has 2 N–H and O–H groups in total. The SMILES string of the molecule is O=C(CN1CCCC(C(=O)Nc2ccccc2)C1)Nc1nc(-c2cccc([N+](=O)[O-])c2)cs1. The Hall–Kier alpha value is -3.63. The van der Waals surface area contributed by atoms with Crippen LogP contribution in [0.2, 0.25) is 0 Å². The van der Waals surface area contributed by atoms with Gasteiger partial charge in [0.2, 0.25) is 11.8 Å². The van der Waals surface area contributed by atoms with Crippen molar-refractivity contribution >= 4 is 39.7 Å². The van der Waals surface area contributed by atoms with Crippen LogP contribution in [0.4, 0.5) is 16.5 Å². The van der Waals surface area contributed by atoms with E-state index < -0.39 is 4.92 Å². The molecular weight excluding hydrogens is 442 g/mol. The number of amides is 2. The van der Waals surface area contributed by atoms with Gasteiger partial charge in [-0.05, 0) is 31.5 Å². The first kappa shape index (κ1) is 22.6. The minimum Gasteiger partial charge on any atom is -0.326 e. The molecule has 2 amide bonds. The molecule has 0 saturated carbocycles. The number of likely N-dealkylation sites (tertiary alicyclic amines) is 1. The van der Waals surface area contributed by atoms with Gasteiger partial charge in [-0.15, -0.1) is 11.3 Å². The summed E-state index contributed by atoms with van der Waals surface area (Å²) < 4.78 is 0. The van der Waals surface area contributed by atoms with E-state index in [4.69, 9.17) is 0 Å². The Morgan fingerprint density at radius 1 is 1.15 bits per heavy atom. The van der Waals surface area contributed by atoms with Crippen LogP contribution >= 0.6 is 11.3 Å². The van der Waals surface area contributed by atoms with Gasteiger partial charge in [-0.1, -0.05) is 30.3 Å². The zero-order valence-corrected chi connectivity index (χ0v) is 18.6. The summed E-state index contributed by atoms with van der Waals surface area (Å²) in [5.41, 5.74) is 1.93. The number of piperidine rings is 1. The second-order valence-corrected chi connectivity index (χ2v) is 8.68. The summed E-state index contributed by atoms with van der Waals surface area (Å²) >= 11 is 1.26. The zero-order valence-electron chi connectivity index (χ0n) is 17.8. The highest BCUT2D eigenvalue weighted by Crippen LogP contribution is 2.27. The Labute approximate surface area is 194 Å². The number of aromatic nitrogens is 1. The van der Waals surface area contributed by atoms with E-state index in [0.29, 0.717) is 22.9 Å². The van der Waals surface area contributed by atoms with Crippen molar-refractivity contribution in [3.63, 3.8) is 0 Å². The van der Waals surface area contributed by atoms with E-state index in [1.54, 1.807) is 17.5 Å². The van der Waals surface area contributed by atoms with Gasteiger partial charge < -0.3 is 10.6 Å². The van der Waals surface area contributed by atoms with Gasteiger partial charge in [-0.25, -0.2) is 4.98 Å². The standard InChI is InChI=1S/C23H23N5O4S/c29-21(26-23-25-20(15-33-23)16-6-4-10-19(12-16)28(31)32)14-27-11-5-7-17(13-27)22(30)24-18-8-2-1-3-9-18/h1-4,6,8-10,12,15,17H,5,7,11,13-14H2,(H,24,30)(H,25,26,29). The van der Waals surface area contributed by atoms with Crippen molar-refractivity contribution in [1.29, 1.82) is 0 Å². The molecule has 1 saturated heterocycles. The third-order valence-electron chi connectivity index (χ3n) is 5.39. The molecule has 2 aromatic carbocycles. The van der Waals surface area contributed by atoms with Crippen LogP contribution < -0.4 is 10.6 Å². The van der Waals surface area contributed by atoms with E-state index in [0.717, 1.165) is 25.1 Å². The number of nitro benzene ring substituents is 1. The number of nitro groups is 1. The first-order valence-electron chi connectivity index (χ1n) is 10.6. The average molecular weight is 466 g/mol. The average Bonchev–Trinajstić information content (AvgIpc) is 3.28. The summed E-state index contributed by atoms with van der Waals surface area (Å²) in [4.78, 5) is 42.1. The van der Waals surface area contributed by atoms with Crippen LogP contribution in [0.5, 0.6) is 0 Å². The van der Waals surface area contributed by atoms with Crippen LogP contribution in [0.25, 0.3) is 11.3 Å². The normalized spacial score (nSPS) is 16.2. The van der Waals surface area contributed by atoms with Crippen molar-refractivity contribution < 1.29 is 14.5 Å². The lowest BCUT2D eigenvalue weighted by molar-refractivity contribution is -0.384. The van der Waals surface area contributed by atoms with E-state index in [1.165, 1.54) is 23.5 Å². The number of carbonyl (C=O) groups excluding carboxylic acids is 2. The third-order valence-corrected chi connectivity index (χ3v) is 6.15. The molecule has 10 heteroatoms. The highest BCUT2D eigenvalue weighted by molar-refractivity contribution is 7.14. The van der Waals surface area contributed by atoms with Gasteiger partial charge >= 0.3 is 0 Å². The summed E-state index contributed by atoms with van der Waals surface area (Å²) in [6.45, 7) is 1.43. The van der Waals surface area contributed by atoms with Gasteiger partial charge in [0.25, 0.3) is 5.69 Å². The molecule has 0 aliphatic carbocycles. The topological polar surface area (TPSA) is 117 Å². The maximum Gasteiger partial charge on any atom is 0.270 e. The Morgan fingerprint density at radius 2 is 1.97 bits per heavy atom. The summed E-state index contributed by atoms with van der Waals surface area (Å²) in [6.07, 6.45) is 1.63. The molecule has 170 valence electrons. The largest absolute Gasteiger partial charge is 0.326 e. The summed E-state index contributed by atoms with van der Waals surface area (Å²) in [7, 11) is 0. The fourth-order valence-corrected chi connectivity index (χ4v) is 4.52. The molecule has 0 bridgehead atoms. The smallest absolute Gasteiger partial charge is 0.270 e. The minimum atomic E-state index is -0.454. The number of carbonyl (C=O) groups is 2. The van der Waals surface area contributed by atoms with Crippen LogP contribution in [0.15, 0.2) is 60.0 Å². The third kappa shape index (κ3) is 5.99. The monoisotopic (exact) mass is 465 g/mol. The summed E-state index contributed by atoms with van der Waals surface area (Å²) in [6, 6.07) is 15.6. The Balaban J connectivity index is 1.31. The van der Waals surface area contributed by atoms with Gasteiger partial charge in [-0.3, -0.25) is 24.6 Å². The first-order chi connectivity index (χ1) is 16.0. The van der Waals surface area contributed by atoms with Crippen molar-refractivity contribution in [2.24, 2.45) is 5.92 Å². The lowest BCUT2D eigenvalue weighted by Gasteiger charge is -2.31. The van der Waals surface area contributed by atoms with Crippen molar-refractivity contribution in [2.45, 2.75) is 12.8 Å². The summed E-state index contributed by atoms with van der Waals surface area (Å²) in [5, 5.41) is 18.9. The lowest BCUT2D eigenvalue weighted by Crippen LogP contribution is -2.43. The Kier molecular flexibility index (Phi) is 7.06. The molecule has 9 nitrogen and oxygen atoms in total. The van der Waals surface area contributed by atoms with Gasteiger partial charge in [0, 0.05) is 35.3 Å². The van der Waals surface area contributed by atoms with Gasteiger partial charge in [0.15, 0.2) is 5.13 Å². The molecule has 1 atom stereocenters. The summed E-state index contributed by atoms with van der Waals surface area (Å²) in [5.74, 6) is -0.418. The fraction of sp³-hybridized carbons (Fsp3) is 0.261. The molecule has 3 aromatic rings. The van der Waals surface area contributed by atoms with Crippen LogP contribution in [0.3, 0.4) is 0 Å². The van der Waals surface area contributed by atoms with Crippen molar-refractivity contribution in [3.05, 3.63) is 70.1 Å². The van der Waals surface area contributed by atoms with E-state index in [9.17, 15) is 19.7 Å². The zero-order chi connectivity index (χ0) is 23.2. The second kappa shape index (κ2) is 10.3. The van der Waals surface area contributed by atoms with Crippen LogP contribution in [-0.2, 0) is 9.59 Å². The van der Waals surface area contributed by atoms with Gasteiger partial charge in [-0.2, -0.15) is 0 Å². The molecule has 1 aliphatic rings. The molecule has 0 radical (unpaired) electrons. The fourth-order valence-electron chi connectivity index (χ4n) is 3.78. The van der Waals surface area contributed by atoms with Crippen LogP contribution in [-0.4, -0.2) is 46.3 Å². The second-order valence-electron chi connectivity index (χ2n) is 7.82. The highest BCUT2D eigenvalue weighted by Gasteiger charge is 2.27. The maximum atomic E-state index is 12.6. The lowest BCUT2D eigenvalue weighted by atomic mass is 9.97. The van der Waals surface area contributed by atoms with Gasteiger partial charge in [0.05, 0.1) is 23.1 Å². The van der Waals surface area contributed by atoms with Crippen molar-refractivity contribution in [1.82, 2.24) is 9.88 Å². The number of hydrogen-bond acceptors (Lipinski definition) is 7. The number of non-ortho nitro benzene ring substituents is 1. The first-order valence-corrected chi connectivity index (χ1v) is 11.4. The predicted molar refractivity (Wildman–Crippen MR) is 127 cm³/mol. The molecule has 1 aromatic heterocycles. The number of rotatable bonds is 7. The van der Waals surface area contributed by atoms with E-state index in [2.05, 4.69) is 15.6 Å². The molecule has 1 aliphatic heterocycles. The van der Waals surface area contributed by atoms with Crippen LogP contribution in [0, 0.1) is 16.0 Å². The van der Waals surface area contributed by atoms with E-state index in [-0.39, 0.29) is 30.0 Å². The molecule has 4 rings (SSSR count). The van der Waals surface area contributed by atoms with Crippen molar-refractivity contribution in [3.8, 4) is 11.3 Å². The quantitative estimate of drug-likeness (QED) is 0.402. The van der Waals surface area contributed by atoms with E-state index in [1.807, 2.05) is 35.2 Å². The minimum absolute atomic E-state index is 0.0120. The molecule has 2 heterocycles. The molecule has 0 spiro atoms.